The fourth-order valence-corrected chi connectivity index (χ4v) is 4.74. The van der Waals surface area contributed by atoms with E-state index >= 15 is 0 Å². The maximum atomic E-state index is 13.0. The van der Waals surface area contributed by atoms with E-state index < -0.39 is 17.4 Å². The number of nitrogens with zero attached hydrogens (tertiary/aromatic N) is 2. The van der Waals surface area contributed by atoms with Crippen LogP contribution in [0.25, 0.3) is 10.2 Å². The number of fused-ring (bicyclic) bond motifs is 2. The molecule has 0 saturated heterocycles. The molecule has 2 aromatic rings. The highest BCUT2D eigenvalue weighted by molar-refractivity contribution is 7.20. The van der Waals surface area contributed by atoms with E-state index in [1.165, 1.54) is 18.3 Å². The predicted octanol–water partition coefficient (Wildman–Crippen LogP) is 2.87. The Hall–Kier alpha value is -2.22. The summed E-state index contributed by atoms with van der Waals surface area (Å²) in [4.78, 5) is 43.0. The minimum atomic E-state index is -1.34. The minimum Gasteiger partial charge on any atom is -0.480 e. The van der Waals surface area contributed by atoms with Gasteiger partial charge in [0.2, 0.25) is 0 Å². The zero-order chi connectivity index (χ0) is 19.8. The van der Waals surface area contributed by atoms with E-state index in [0.717, 1.165) is 31.5 Å². The highest BCUT2D eigenvalue weighted by atomic mass is 32.1. The van der Waals surface area contributed by atoms with Crippen molar-refractivity contribution in [1.29, 1.82) is 0 Å². The number of thiophene rings is 1. The first-order valence-electron chi connectivity index (χ1n) is 9.37. The first kappa shape index (κ1) is 19.5. The van der Waals surface area contributed by atoms with Gasteiger partial charge >= 0.3 is 5.97 Å². The number of aromatic nitrogens is 2. The molecule has 3 heterocycles. The van der Waals surface area contributed by atoms with Crippen molar-refractivity contribution in [3.05, 3.63) is 26.6 Å². The minimum absolute atomic E-state index is 0.0979. The lowest BCUT2D eigenvalue weighted by molar-refractivity contribution is -0.144. The van der Waals surface area contributed by atoms with Crippen LogP contribution in [0.3, 0.4) is 0 Å². The van der Waals surface area contributed by atoms with Crippen molar-refractivity contribution < 1.29 is 14.7 Å². The van der Waals surface area contributed by atoms with Gasteiger partial charge in [0.15, 0.2) is 0 Å². The Morgan fingerprint density at radius 2 is 2.07 bits per heavy atom. The largest absolute Gasteiger partial charge is 0.480 e. The Morgan fingerprint density at radius 1 is 1.33 bits per heavy atom. The third kappa shape index (κ3) is 3.50. The standard InChI is InChI=1S/C19H25N3O4S/c1-4-9-19(3,18(25)26)21-15(23)14-11(2)13-16(27-14)20-12-8-6-5-7-10-22(12)17(13)24/h4-10H2,1-3H3,(H,21,23)(H,25,26). The summed E-state index contributed by atoms with van der Waals surface area (Å²) >= 11 is 1.17. The fourth-order valence-electron chi connectivity index (χ4n) is 3.66. The summed E-state index contributed by atoms with van der Waals surface area (Å²) < 4.78 is 1.73. The van der Waals surface area contributed by atoms with Crippen LogP contribution in [0.15, 0.2) is 4.79 Å². The molecule has 0 saturated carbocycles. The molecule has 1 atom stereocenters. The number of aliphatic carboxylic acids is 1. The average molecular weight is 391 g/mol. The molecule has 1 aliphatic rings. The Kier molecular flexibility index (Phi) is 5.37. The normalized spacial score (nSPS) is 16.4. The van der Waals surface area contributed by atoms with Crippen LogP contribution in [0, 0.1) is 6.92 Å². The SMILES string of the molecule is CCCC(C)(NC(=O)c1sc2nc3n(c(=O)c2c1C)CCCCC3)C(=O)O. The van der Waals surface area contributed by atoms with Gasteiger partial charge in [0.05, 0.1) is 10.3 Å². The Labute approximate surface area is 161 Å². The lowest BCUT2D eigenvalue weighted by atomic mass is 9.96. The van der Waals surface area contributed by atoms with Gasteiger partial charge in [0.25, 0.3) is 11.5 Å². The van der Waals surface area contributed by atoms with E-state index in [9.17, 15) is 19.5 Å². The molecular weight excluding hydrogens is 366 g/mol. The molecule has 3 rings (SSSR count). The molecule has 0 radical (unpaired) electrons. The Bertz CT molecular complexity index is 962. The van der Waals surface area contributed by atoms with Crippen LogP contribution in [0.2, 0.25) is 0 Å². The first-order valence-corrected chi connectivity index (χ1v) is 10.2. The van der Waals surface area contributed by atoms with E-state index in [1.807, 2.05) is 6.92 Å². The van der Waals surface area contributed by atoms with E-state index in [2.05, 4.69) is 10.3 Å². The second kappa shape index (κ2) is 7.42. The molecule has 7 nitrogen and oxygen atoms in total. The van der Waals surface area contributed by atoms with E-state index in [1.54, 1.807) is 11.5 Å². The van der Waals surface area contributed by atoms with Gasteiger partial charge in [-0.15, -0.1) is 11.3 Å². The van der Waals surface area contributed by atoms with Gasteiger partial charge in [0.1, 0.15) is 16.2 Å². The average Bonchev–Trinajstić information content (AvgIpc) is 2.78. The topological polar surface area (TPSA) is 101 Å². The summed E-state index contributed by atoms with van der Waals surface area (Å²) in [6.07, 6.45) is 4.75. The van der Waals surface area contributed by atoms with Crippen molar-refractivity contribution >= 4 is 33.4 Å². The number of carboxylic acid groups (broad SMARTS) is 1. The second-order valence-electron chi connectivity index (χ2n) is 7.37. The lowest BCUT2D eigenvalue weighted by Gasteiger charge is -2.25. The van der Waals surface area contributed by atoms with Crippen LogP contribution >= 0.6 is 11.3 Å². The van der Waals surface area contributed by atoms with Crippen LogP contribution in [-0.2, 0) is 17.8 Å². The van der Waals surface area contributed by atoms with Crippen molar-refractivity contribution in [3.63, 3.8) is 0 Å². The quantitative estimate of drug-likeness (QED) is 0.816. The summed E-state index contributed by atoms with van der Waals surface area (Å²) in [6, 6.07) is 0. The van der Waals surface area contributed by atoms with Gasteiger partial charge in [-0.3, -0.25) is 14.2 Å². The Balaban J connectivity index is 2.04. The molecule has 0 spiro atoms. The van der Waals surface area contributed by atoms with Gasteiger partial charge < -0.3 is 10.4 Å². The third-order valence-electron chi connectivity index (χ3n) is 5.23. The van der Waals surface area contributed by atoms with E-state index in [4.69, 9.17) is 0 Å². The van der Waals surface area contributed by atoms with Gasteiger partial charge in [0, 0.05) is 13.0 Å². The van der Waals surface area contributed by atoms with Crippen molar-refractivity contribution in [2.45, 2.75) is 71.4 Å². The number of nitrogens with one attached hydrogen (secondary N) is 1. The van der Waals surface area contributed by atoms with Gasteiger partial charge in [-0.2, -0.15) is 0 Å². The zero-order valence-electron chi connectivity index (χ0n) is 15.9. The summed E-state index contributed by atoms with van der Waals surface area (Å²) in [5.74, 6) is -0.755. The van der Waals surface area contributed by atoms with Crippen LogP contribution in [-0.4, -0.2) is 32.1 Å². The molecule has 1 unspecified atom stereocenters. The molecule has 27 heavy (non-hydrogen) atoms. The molecule has 146 valence electrons. The van der Waals surface area contributed by atoms with E-state index in [-0.39, 0.29) is 5.56 Å². The van der Waals surface area contributed by atoms with E-state index in [0.29, 0.717) is 40.0 Å². The van der Waals surface area contributed by atoms with Crippen LogP contribution in [0.4, 0.5) is 0 Å². The summed E-state index contributed by atoms with van der Waals surface area (Å²) in [5.41, 5.74) is -0.860. The zero-order valence-corrected chi connectivity index (χ0v) is 16.7. The number of carbonyl (C=O) groups excluding carboxylic acids is 1. The fraction of sp³-hybridized carbons (Fsp3) is 0.579. The van der Waals surface area contributed by atoms with Crippen molar-refractivity contribution in [3.8, 4) is 0 Å². The lowest BCUT2D eigenvalue weighted by Crippen LogP contribution is -2.52. The Morgan fingerprint density at radius 3 is 2.74 bits per heavy atom. The molecule has 1 amide bonds. The first-order chi connectivity index (χ1) is 12.8. The maximum Gasteiger partial charge on any atom is 0.329 e. The smallest absolute Gasteiger partial charge is 0.329 e. The van der Waals surface area contributed by atoms with Crippen molar-refractivity contribution in [2.75, 3.05) is 0 Å². The number of hydrogen-bond donors (Lipinski definition) is 2. The maximum absolute atomic E-state index is 13.0. The van der Waals surface area contributed by atoms with Crippen molar-refractivity contribution in [1.82, 2.24) is 14.9 Å². The monoisotopic (exact) mass is 391 g/mol. The summed E-state index contributed by atoms with van der Waals surface area (Å²) in [5, 5.41) is 12.6. The van der Waals surface area contributed by atoms with Crippen LogP contribution < -0.4 is 10.9 Å². The highest BCUT2D eigenvalue weighted by Crippen LogP contribution is 2.29. The molecule has 8 heteroatoms. The molecule has 2 aromatic heterocycles. The second-order valence-corrected chi connectivity index (χ2v) is 8.37. The van der Waals surface area contributed by atoms with Crippen LogP contribution in [0.1, 0.15) is 67.0 Å². The van der Waals surface area contributed by atoms with Gasteiger partial charge in [-0.25, -0.2) is 9.78 Å². The number of carbonyl (C=O) groups is 2. The van der Waals surface area contributed by atoms with Crippen molar-refractivity contribution in [2.24, 2.45) is 0 Å². The molecular formula is C19H25N3O4S. The number of amides is 1. The molecule has 0 aliphatic carbocycles. The van der Waals surface area contributed by atoms with Crippen LogP contribution in [0.5, 0.6) is 0 Å². The molecule has 0 fully saturated rings. The number of carboxylic acids is 1. The molecule has 0 bridgehead atoms. The summed E-state index contributed by atoms with van der Waals surface area (Å²) in [6.45, 7) is 5.77. The summed E-state index contributed by atoms with van der Waals surface area (Å²) in [7, 11) is 0. The highest BCUT2D eigenvalue weighted by Gasteiger charge is 2.35. The molecule has 1 aliphatic heterocycles. The molecule has 2 N–H and O–H groups in total. The molecule has 0 aromatic carbocycles. The number of hydrogen-bond acceptors (Lipinski definition) is 5. The number of rotatable bonds is 5. The predicted molar refractivity (Wildman–Crippen MR) is 105 cm³/mol. The number of aryl methyl sites for hydroxylation is 2. The third-order valence-corrected chi connectivity index (χ3v) is 6.41. The van der Waals surface area contributed by atoms with Gasteiger partial charge in [-0.1, -0.05) is 19.8 Å². The van der Waals surface area contributed by atoms with Gasteiger partial charge in [-0.05, 0) is 38.7 Å².